The van der Waals surface area contributed by atoms with Gasteiger partial charge in [0.15, 0.2) is 6.10 Å². The maximum Gasteiger partial charge on any atom is 0.415 e. The topological polar surface area (TPSA) is 54.4 Å². The normalized spacial score (nSPS) is 15.2. The number of rotatable bonds is 5. The number of hydrogen-bond acceptors (Lipinski definition) is 4. The Kier molecular flexibility index (Phi) is 4.92. The molecule has 7 heteroatoms. The van der Waals surface area contributed by atoms with Gasteiger partial charge < -0.3 is 15.2 Å². The second kappa shape index (κ2) is 6.01. The van der Waals surface area contributed by atoms with Crippen molar-refractivity contribution in [1.82, 2.24) is 10.3 Å². The lowest BCUT2D eigenvalue weighted by atomic mass is 10.1. The molecular formula is C11H15F3N2O2. The number of aliphatic hydroxyl groups is 1. The van der Waals surface area contributed by atoms with Gasteiger partial charge in [0.1, 0.15) is 5.75 Å². The lowest BCUT2D eigenvalue weighted by Crippen LogP contribution is -2.39. The Balaban J connectivity index is 2.63. The maximum atomic E-state index is 12.1. The number of alkyl halides is 3. The zero-order valence-corrected chi connectivity index (χ0v) is 10.0. The molecular weight excluding hydrogens is 249 g/mol. The van der Waals surface area contributed by atoms with Crippen molar-refractivity contribution in [2.75, 3.05) is 13.7 Å². The third-order valence-electron chi connectivity index (χ3n) is 2.50. The number of aromatic nitrogens is 1. The maximum absolute atomic E-state index is 12.1. The second-order valence-electron chi connectivity index (χ2n) is 3.80. The van der Waals surface area contributed by atoms with E-state index >= 15 is 0 Å². The minimum Gasteiger partial charge on any atom is -0.495 e. The van der Waals surface area contributed by atoms with Crippen LogP contribution in [0.1, 0.15) is 18.5 Å². The molecule has 0 radical (unpaired) electrons. The Morgan fingerprint density at radius 3 is 2.72 bits per heavy atom. The molecule has 0 spiro atoms. The van der Waals surface area contributed by atoms with Crippen molar-refractivity contribution in [3.8, 4) is 5.75 Å². The van der Waals surface area contributed by atoms with Crippen LogP contribution in [0.4, 0.5) is 13.2 Å². The van der Waals surface area contributed by atoms with Crippen LogP contribution < -0.4 is 10.1 Å². The summed E-state index contributed by atoms with van der Waals surface area (Å²) in [5.41, 5.74) is 0.682. The Labute approximate surface area is 103 Å². The van der Waals surface area contributed by atoms with Gasteiger partial charge in [-0.05, 0) is 13.0 Å². The highest BCUT2D eigenvalue weighted by Crippen LogP contribution is 2.24. The van der Waals surface area contributed by atoms with Crippen molar-refractivity contribution in [3.05, 3.63) is 24.0 Å². The van der Waals surface area contributed by atoms with Gasteiger partial charge in [-0.15, -0.1) is 0 Å². The minimum absolute atomic E-state index is 0.389. The predicted molar refractivity (Wildman–Crippen MR) is 59.3 cm³/mol. The first kappa shape index (κ1) is 14.7. The summed E-state index contributed by atoms with van der Waals surface area (Å²) in [5.74, 6) is 0.485. The highest BCUT2D eigenvalue weighted by Gasteiger charge is 2.38. The first-order valence-corrected chi connectivity index (χ1v) is 5.32. The van der Waals surface area contributed by atoms with Crippen LogP contribution in [0, 0.1) is 0 Å². The molecule has 1 heterocycles. The van der Waals surface area contributed by atoms with Crippen LogP contribution in [0.2, 0.25) is 0 Å². The molecule has 0 aliphatic carbocycles. The molecule has 0 saturated carbocycles. The molecule has 1 rings (SSSR count). The predicted octanol–water partition coefficient (Wildman–Crippen LogP) is 1.66. The molecule has 0 bridgehead atoms. The zero-order valence-electron chi connectivity index (χ0n) is 10.0. The van der Waals surface area contributed by atoms with E-state index in [2.05, 4.69) is 10.3 Å². The molecule has 0 aromatic carbocycles. The van der Waals surface area contributed by atoms with E-state index in [-0.39, 0.29) is 6.04 Å². The number of aliphatic hydroxyl groups excluding tert-OH is 1. The van der Waals surface area contributed by atoms with Crippen LogP contribution in [0.25, 0.3) is 0 Å². The summed E-state index contributed by atoms with van der Waals surface area (Å²) in [6.45, 7) is 1.11. The molecule has 18 heavy (non-hydrogen) atoms. The number of nitrogens with one attached hydrogen (secondary N) is 1. The summed E-state index contributed by atoms with van der Waals surface area (Å²) in [5, 5.41) is 11.5. The third kappa shape index (κ3) is 3.85. The van der Waals surface area contributed by atoms with Gasteiger partial charge in [-0.1, -0.05) is 0 Å². The van der Waals surface area contributed by atoms with E-state index < -0.39 is 18.8 Å². The Morgan fingerprint density at radius 2 is 2.17 bits per heavy atom. The highest BCUT2D eigenvalue weighted by molar-refractivity contribution is 5.32. The van der Waals surface area contributed by atoms with Crippen molar-refractivity contribution in [2.45, 2.75) is 25.2 Å². The smallest absolute Gasteiger partial charge is 0.415 e. The van der Waals surface area contributed by atoms with Crippen molar-refractivity contribution in [3.63, 3.8) is 0 Å². The Hall–Kier alpha value is -1.34. The van der Waals surface area contributed by atoms with E-state index in [1.807, 2.05) is 0 Å². The van der Waals surface area contributed by atoms with Gasteiger partial charge in [-0.3, -0.25) is 4.98 Å². The minimum atomic E-state index is -4.62. The summed E-state index contributed by atoms with van der Waals surface area (Å²) in [7, 11) is 1.46. The first-order valence-electron chi connectivity index (χ1n) is 5.32. The molecule has 4 nitrogen and oxygen atoms in total. The van der Waals surface area contributed by atoms with Gasteiger partial charge in [0, 0.05) is 24.3 Å². The highest BCUT2D eigenvalue weighted by atomic mass is 19.4. The third-order valence-corrected chi connectivity index (χ3v) is 2.50. The number of ether oxygens (including phenoxy) is 1. The van der Waals surface area contributed by atoms with Crippen LogP contribution in [-0.2, 0) is 0 Å². The number of pyridine rings is 1. The fourth-order valence-electron chi connectivity index (χ4n) is 1.43. The molecule has 2 N–H and O–H groups in total. The summed E-state index contributed by atoms with van der Waals surface area (Å²) >= 11 is 0. The first-order chi connectivity index (χ1) is 8.36. The monoisotopic (exact) mass is 264 g/mol. The molecule has 0 saturated heterocycles. The van der Waals surface area contributed by atoms with Crippen LogP contribution in [0.3, 0.4) is 0 Å². The summed E-state index contributed by atoms with van der Waals surface area (Å²) in [6, 6.07) is 1.26. The van der Waals surface area contributed by atoms with Crippen LogP contribution >= 0.6 is 0 Å². The summed E-state index contributed by atoms with van der Waals surface area (Å²) in [4.78, 5) is 3.85. The molecule has 0 fully saturated rings. The van der Waals surface area contributed by atoms with Crippen molar-refractivity contribution in [1.29, 1.82) is 0 Å². The molecule has 1 aromatic heterocycles. The molecule has 0 aliphatic heterocycles. The number of nitrogens with zero attached hydrogens (tertiary/aromatic N) is 1. The molecule has 0 amide bonds. The van der Waals surface area contributed by atoms with Gasteiger partial charge >= 0.3 is 6.18 Å². The van der Waals surface area contributed by atoms with E-state index in [9.17, 15) is 13.2 Å². The summed E-state index contributed by atoms with van der Waals surface area (Å²) in [6.07, 6.45) is -3.99. The van der Waals surface area contributed by atoms with Gasteiger partial charge in [0.05, 0.1) is 13.3 Å². The molecule has 1 aromatic rings. The van der Waals surface area contributed by atoms with E-state index in [1.54, 1.807) is 13.0 Å². The molecule has 2 unspecified atom stereocenters. The van der Waals surface area contributed by atoms with E-state index in [0.717, 1.165) is 0 Å². The van der Waals surface area contributed by atoms with Crippen molar-refractivity contribution >= 4 is 0 Å². The van der Waals surface area contributed by atoms with Crippen molar-refractivity contribution < 1.29 is 23.0 Å². The van der Waals surface area contributed by atoms with Crippen LogP contribution in [-0.4, -0.2) is 36.0 Å². The van der Waals surface area contributed by atoms with Gasteiger partial charge in [-0.25, -0.2) is 0 Å². The average molecular weight is 264 g/mol. The van der Waals surface area contributed by atoms with Crippen molar-refractivity contribution in [2.24, 2.45) is 0 Å². The SMILES string of the molecule is COc1cnccc1C(C)NCC(O)C(F)(F)F. The fraction of sp³-hybridized carbons (Fsp3) is 0.545. The Morgan fingerprint density at radius 1 is 1.50 bits per heavy atom. The quantitative estimate of drug-likeness (QED) is 0.849. The number of hydrogen-bond donors (Lipinski definition) is 2. The van der Waals surface area contributed by atoms with E-state index in [0.29, 0.717) is 11.3 Å². The van der Waals surface area contributed by atoms with Crippen LogP contribution in [0.15, 0.2) is 18.5 Å². The standard InChI is InChI=1S/C11H15F3N2O2/c1-7(16-6-10(17)11(12,13)14)8-3-4-15-5-9(8)18-2/h3-5,7,10,16-17H,6H2,1-2H3. The Bertz CT molecular complexity index is 385. The average Bonchev–Trinajstić information content (AvgIpc) is 2.34. The van der Waals surface area contributed by atoms with Gasteiger partial charge in [-0.2, -0.15) is 13.2 Å². The number of methoxy groups -OCH3 is 1. The number of halogens is 3. The molecule has 102 valence electrons. The zero-order chi connectivity index (χ0) is 13.8. The van der Waals surface area contributed by atoms with Gasteiger partial charge in [0.25, 0.3) is 0 Å². The second-order valence-corrected chi connectivity index (χ2v) is 3.80. The van der Waals surface area contributed by atoms with E-state index in [4.69, 9.17) is 9.84 Å². The molecule has 2 atom stereocenters. The lowest BCUT2D eigenvalue weighted by molar-refractivity contribution is -0.202. The lowest BCUT2D eigenvalue weighted by Gasteiger charge is -2.20. The largest absolute Gasteiger partial charge is 0.495 e. The van der Waals surface area contributed by atoms with Gasteiger partial charge in [0.2, 0.25) is 0 Å². The fourth-order valence-corrected chi connectivity index (χ4v) is 1.43. The summed E-state index contributed by atoms with van der Waals surface area (Å²) < 4.78 is 41.4. The molecule has 0 aliphatic rings. The van der Waals surface area contributed by atoms with E-state index in [1.165, 1.54) is 19.5 Å². The van der Waals surface area contributed by atoms with Crippen LogP contribution in [0.5, 0.6) is 5.75 Å².